The first-order valence-electron chi connectivity index (χ1n) is 8.22. The van der Waals surface area contributed by atoms with E-state index in [0.717, 1.165) is 44.8 Å². The van der Waals surface area contributed by atoms with Gasteiger partial charge in [0.1, 0.15) is 0 Å². The molecule has 0 aliphatic carbocycles. The van der Waals surface area contributed by atoms with Gasteiger partial charge in [0, 0.05) is 25.3 Å². The molecule has 4 rings (SSSR count). The number of ether oxygens (including phenoxy) is 1. The van der Waals surface area contributed by atoms with Crippen LogP contribution in [0.25, 0.3) is 11.0 Å². The van der Waals surface area contributed by atoms with Crippen molar-refractivity contribution in [1.82, 2.24) is 9.55 Å². The summed E-state index contributed by atoms with van der Waals surface area (Å²) >= 11 is 0. The molecule has 118 valence electrons. The summed E-state index contributed by atoms with van der Waals surface area (Å²) in [4.78, 5) is 6.96. The van der Waals surface area contributed by atoms with Gasteiger partial charge >= 0.3 is 0 Å². The molecule has 0 N–H and O–H groups in total. The molecule has 0 spiro atoms. The van der Waals surface area contributed by atoms with E-state index in [4.69, 9.17) is 4.74 Å². The molecule has 2 aromatic carbocycles. The Morgan fingerprint density at radius 1 is 1.00 bits per heavy atom. The number of morpholine rings is 1. The molecule has 23 heavy (non-hydrogen) atoms. The highest BCUT2D eigenvalue weighted by Crippen LogP contribution is 2.22. The van der Waals surface area contributed by atoms with Gasteiger partial charge in [-0.2, -0.15) is 0 Å². The number of hydrogen-bond donors (Lipinski definition) is 0. The molecule has 0 atom stereocenters. The van der Waals surface area contributed by atoms with Gasteiger partial charge in [-0.25, -0.2) is 4.98 Å². The molecule has 1 saturated heterocycles. The quantitative estimate of drug-likeness (QED) is 0.742. The van der Waals surface area contributed by atoms with Crippen molar-refractivity contribution in [1.29, 1.82) is 0 Å². The monoisotopic (exact) mass is 307 g/mol. The first-order valence-corrected chi connectivity index (χ1v) is 8.22. The summed E-state index contributed by atoms with van der Waals surface area (Å²) in [5.41, 5.74) is 4.88. The van der Waals surface area contributed by atoms with Crippen LogP contribution < -0.4 is 4.90 Å². The van der Waals surface area contributed by atoms with Crippen LogP contribution in [-0.2, 0) is 17.7 Å². The first-order chi connectivity index (χ1) is 11.4. The Kier molecular flexibility index (Phi) is 3.99. The van der Waals surface area contributed by atoms with Gasteiger partial charge in [0.05, 0.1) is 30.6 Å². The molecule has 0 bridgehead atoms. The van der Waals surface area contributed by atoms with Crippen LogP contribution in [0, 0.1) is 0 Å². The van der Waals surface area contributed by atoms with Crippen molar-refractivity contribution >= 4 is 16.7 Å². The summed E-state index contributed by atoms with van der Waals surface area (Å²) in [7, 11) is 0. The lowest BCUT2D eigenvalue weighted by atomic mass is 10.1. The van der Waals surface area contributed by atoms with E-state index in [1.807, 2.05) is 6.33 Å². The van der Waals surface area contributed by atoms with Gasteiger partial charge in [-0.15, -0.1) is 0 Å². The number of imidazole rings is 1. The van der Waals surface area contributed by atoms with E-state index in [0.29, 0.717) is 0 Å². The fraction of sp³-hybridized carbons (Fsp3) is 0.316. The predicted octanol–water partition coefficient (Wildman–Crippen LogP) is 3.12. The molecule has 1 fully saturated rings. The summed E-state index contributed by atoms with van der Waals surface area (Å²) in [6.07, 6.45) is 2.98. The van der Waals surface area contributed by atoms with Gasteiger partial charge < -0.3 is 14.2 Å². The van der Waals surface area contributed by atoms with Crippen LogP contribution in [0.1, 0.15) is 5.56 Å². The Morgan fingerprint density at radius 2 is 1.83 bits per heavy atom. The van der Waals surface area contributed by atoms with Crippen LogP contribution in [-0.4, -0.2) is 35.9 Å². The van der Waals surface area contributed by atoms with Crippen molar-refractivity contribution in [3.63, 3.8) is 0 Å². The molecule has 4 heteroatoms. The average molecular weight is 307 g/mol. The molecule has 1 aliphatic heterocycles. The van der Waals surface area contributed by atoms with Crippen LogP contribution in [0.3, 0.4) is 0 Å². The maximum atomic E-state index is 5.43. The third kappa shape index (κ3) is 3.08. The maximum absolute atomic E-state index is 5.43. The van der Waals surface area contributed by atoms with Crippen LogP contribution >= 0.6 is 0 Å². The van der Waals surface area contributed by atoms with E-state index in [1.54, 1.807) is 0 Å². The normalized spacial score (nSPS) is 15.2. The van der Waals surface area contributed by atoms with Gasteiger partial charge in [-0.1, -0.05) is 30.3 Å². The molecule has 2 heterocycles. The van der Waals surface area contributed by atoms with Crippen LogP contribution in [0.4, 0.5) is 5.69 Å². The number of rotatable bonds is 4. The van der Waals surface area contributed by atoms with Gasteiger partial charge in [0.2, 0.25) is 0 Å². The highest BCUT2D eigenvalue weighted by Gasteiger charge is 2.12. The fourth-order valence-corrected chi connectivity index (χ4v) is 3.14. The van der Waals surface area contributed by atoms with E-state index in [9.17, 15) is 0 Å². The zero-order chi connectivity index (χ0) is 15.5. The average Bonchev–Trinajstić information content (AvgIpc) is 3.04. The molecular weight excluding hydrogens is 286 g/mol. The Balaban J connectivity index is 1.53. The van der Waals surface area contributed by atoms with E-state index < -0.39 is 0 Å². The molecule has 0 unspecified atom stereocenters. The number of nitrogens with zero attached hydrogens (tertiary/aromatic N) is 3. The van der Waals surface area contributed by atoms with E-state index >= 15 is 0 Å². The Labute approximate surface area is 136 Å². The van der Waals surface area contributed by atoms with Crippen LogP contribution in [0.15, 0.2) is 54.9 Å². The smallest absolute Gasteiger partial charge is 0.0958 e. The highest BCUT2D eigenvalue weighted by molar-refractivity contribution is 5.79. The Bertz CT molecular complexity index is 776. The molecule has 0 amide bonds. The SMILES string of the molecule is c1ccc(CCn2cnc3cc(N4CCOCC4)ccc32)cc1. The van der Waals surface area contributed by atoms with Crippen molar-refractivity contribution in [3.05, 3.63) is 60.4 Å². The van der Waals surface area contributed by atoms with Crippen molar-refractivity contribution in [2.45, 2.75) is 13.0 Å². The van der Waals surface area contributed by atoms with E-state index in [1.165, 1.54) is 16.8 Å². The summed E-state index contributed by atoms with van der Waals surface area (Å²) < 4.78 is 7.67. The number of aromatic nitrogens is 2. The van der Waals surface area contributed by atoms with E-state index in [2.05, 4.69) is 63.0 Å². The Morgan fingerprint density at radius 3 is 2.65 bits per heavy atom. The molecule has 0 radical (unpaired) electrons. The van der Waals surface area contributed by atoms with Crippen molar-refractivity contribution in [2.75, 3.05) is 31.2 Å². The third-order valence-corrected chi connectivity index (χ3v) is 4.47. The highest BCUT2D eigenvalue weighted by atomic mass is 16.5. The second-order valence-electron chi connectivity index (χ2n) is 5.95. The van der Waals surface area contributed by atoms with Gasteiger partial charge in [-0.05, 0) is 30.2 Å². The molecule has 1 aliphatic rings. The molecular formula is C19H21N3O. The third-order valence-electron chi connectivity index (χ3n) is 4.47. The number of benzene rings is 2. The van der Waals surface area contributed by atoms with Crippen LogP contribution in [0.2, 0.25) is 0 Å². The number of fused-ring (bicyclic) bond motifs is 1. The Hall–Kier alpha value is -2.33. The number of hydrogen-bond acceptors (Lipinski definition) is 3. The predicted molar refractivity (Wildman–Crippen MR) is 92.9 cm³/mol. The summed E-state index contributed by atoms with van der Waals surface area (Å²) in [6.45, 7) is 4.49. The lowest BCUT2D eigenvalue weighted by Gasteiger charge is -2.28. The fourth-order valence-electron chi connectivity index (χ4n) is 3.14. The number of aryl methyl sites for hydroxylation is 2. The van der Waals surface area contributed by atoms with Crippen molar-refractivity contribution in [3.8, 4) is 0 Å². The topological polar surface area (TPSA) is 30.3 Å². The van der Waals surface area contributed by atoms with Crippen LogP contribution in [0.5, 0.6) is 0 Å². The molecule has 4 nitrogen and oxygen atoms in total. The second kappa shape index (κ2) is 6.42. The lowest BCUT2D eigenvalue weighted by molar-refractivity contribution is 0.122. The summed E-state index contributed by atoms with van der Waals surface area (Å²) in [5, 5.41) is 0. The van der Waals surface area contributed by atoms with Crippen molar-refractivity contribution < 1.29 is 4.74 Å². The standard InChI is InChI=1S/C19H21N3O/c1-2-4-16(5-3-1)8-9-22-15-20-18-14-17(6-7-19(18)22)21-10-12-23-13-11-21/h1-7,14-15H,8-13H2. The zero-order valence-corrected chi connectivity index (χ0v) is 13.2. The summed E-state index contributed by atoms with van der Waals surface area (Å²) in [6, 6.07) is 17.2. The molecule has 0 saturated carbocycles. The van der Waals surface area contributed by atoms with Gasteiger partial charge in [0.25, 0.3) is 0 Å². The number of anilines is 1. The summed E-state index contributed by atoms with van der Waals surface area (Å²) in [5.74, 6) is 0. The first kappa shape index (κ1) is 14.3. The minimum atomic E-state index is 0.809. The zero-order valence-electron chi connectivity index (χ0n) is 13.2. The largest absolute Gasteiger partial charge is 0.378 e. The minimum Gasteiger partial charge on any atom is -0.378 e. The van der Waals surface area contributed by atoms with E-state index in [-0.39, 0.29) is 0 Å². The maximum Gasteiger partial charge on any atom is 0.0958 e. The molecule has 1 aromatic heterocycles. The van der Waals surface area contributed by atoms with Gasteiger partial charge in [0.15, 0.2) is 0 Å². The second-order valence-corrected chi connectivity index (χ2v) is 5.95. The molecule has 3 aromatic rings. The minimum absolute atomic E-state index is 0.809. The van der Waals surface area contributed by atoms with Crippen molar-refractivity contribution in [2.24, 2.45) is 0 Å². The van der Waals surface area contributed by atoms with Gasteiger partial charge in [-0.3, -0.25) is 0 Å². The lowest BCUT2D eigenvalue weighted by Crippen LogP contribution is -2.36.